The maximum absolute atomic E-state index is 5.66. The van der Waals surface area contributed by atoms with Crippen molar-refractivity contribution in [2.75, 3.05) is 17.7 Å². The lowest BCUT2D eigenvalue weighted by Crippen LogP contribution is -2.27. The minimum atomic E-state index is 0.641. The first-order valence-corrected chi connectivity index (χ1v) is 7.66. The molecule has 0 radical (unpaired) electrons. The first kappa shape index (κ1) is 16.6. The molecule has 3 nitrogen and oxygen atoms in total. The van der Waals surface area contributed by atoms with E-state index < -0.39 is 0 Å². The summed E-state index contributed by atoms with van der Waals surface area (Å²) in [5.74, 6) is 1.34. The minimum Gasteiger partial charge on any atom is -0.399 e. The van der Waals surface area contributed by atoms with Gasteiger partial charge in [0, 0.05) is 17.9 Å². The van der Waals surface area contributed by atoms with Gasteiger partial charge in [-0.2, -0.15) is 0 Å². The van der Waals surface area contributed by atoms with Crippen LogP contribution in [0.3, 0.4) is 0 Å². The SMILES string of the molecule is CCC=CC(CC)CC(C)CNNc1ccc(N)cc1. The van der Waals surface area contributed by atoms with Gasteiger partial charge in [-0.3, -0.25) is 0 Å². The van der Waals surface area contributed by atoms with Crippen molar-refractivity contribution < 1.29 is 0 Å². The minimum absolute atomic E-state index is 0.641. The molecule has 112 valence electrons. The van der Waals surface area contributed by atoms with Gasteiger partial charge < -0.3 is 11.2 Å². The molecule has 0 saturated carbocycles. The molecule has 0 aliphatic carbocycles. The van der Waals surface area contributed by atoms with Crippen LogP contribution in [0.25, 0.3) is 0 Å². The topological polar surface area (TPSA) is 50.1 Å². The second-order valence-electron chi connectivity index (χ2n) is 5.47. The second kappa shape index (κ2) is 9.43. The molecule has 1 aromatic carbocycles. The Balaban J connectivity index is 2.26. The Hall–Kier alpha value is -1.48. The molecule has 1 rings (SSSR count). The molecule has 2 atom stereocenters. The number of nitrogen functional groups attached to an aromatic ring is 1. The number of hydrogen-bond acceptors (Lipinski definition) is 3. The number of nitrogens with one attached hydrogen (secondary N) is 2. The van der Waals surface area contributed by atoms with E-state index in [-0.39, 0.29) is 0 Å². The zero-order valence-electron chi connectivity index (χ0n) is 13.0. The summed E-state index contributed by atoms with van der Waals surface area (Å²) >= 11 is 0. The molecule has 0 amide bonds. The zero-order valence-corrected chi connectivity index (χ0v) is 13.0. The van der Waals surface area contributed by atoms with E-state index >= 15 is 0 Å². The van der Waals surface area contributed by atoms with E-state index in [4.69, 9.17) is 5.73 Å². The van der Waals surface area contributed by atoms with Crippen LogP contribution < -0.4 is 16.6 Å². The van der Waals surface area contributed by atoms with E-state index in [1.54, 1.807) is 0 Å². The molecule has 0 heterocycles. The lowest BCUT2D eigenvalue weighted by molar-refractivity contribution is 0.423. The first-order valence-electron chi connectivity index (χ1n) is 7.66. The summed E-state index contributed by atoms with van der Waals surface area (Å²) < 4.78 is 0. The number of rotatable bonds is 9. The van der Waals surface area contributed by atoms with Crippen LogP contribution in [-0.2, 0) is 0 Å². The summed E-state index contributed by atoms with van der Waals surface area (Å²) in [6.45, 7) is 7.70. The van der Waals surface area contributed by atoms with Crippen molar-refractivity contribution in [2.45, 2.75) is 40.0 Å². The third-order valence-electron chi connectivity index (χ3n) is 3.47. The molecule has 0 fully saturated rings. The molecule has 0 aliphatic heterocycles. The third-order valence-corrected chi connectivity index (χ3v) is 3.47. The quantitative estimate of drug-likeness (QED) is 0.359. The molecule has 0 bridgehead atoms. The average Bonchev–Trinajstić information content (AvgIpc) is 2.45. The van der Waals surface area contributed by atoms with E-state index in [9.17, 15) is 0 Å². The zero-order chi connectivity index (χ0) is 14.8. The molecular weight excluding hydrogens is 246 g/mol. The van der Waals surface area contributed by atoms with Crippen molar-refractivity contribution in [1.82, 2.24) is 5.43 Å². The smallest absolute Gasteiger partial charge is 0.0489 e. The number of nitrogens with two attached hydrogens (primary N) is 1. The van der Waals surface area contributed by atoms with Gasteiger partial charge in [-0.05, 0) is 55.4 Å². The summed E-state index contributed by atoms with van der Waals surface area (Å²) in [6, 6.07) is 7.75. The fourth-order valence-electron chi connectivity index (χ4n) is 2.20. The average molecular weight is 275 g/mol. The fraction of sp³-hybridized carbons (Fsp3) is 0.529. The van der Waals surface area contributed by atoms with Crippen LogP contribution in [0.15, 0.2) is 36.4 Å². The molecular formula is C17H29N3. The molecule has 0 aliphatic rings. The van der Waals surface area contributed by atoms with Gasteiger partial charge in [0.05, 0.1) is 0 Å². The molecule has 0 aromatic heterocycles. The Morgan fingerprint density at radius 2 is 1.90 bits per heavy atom. The summed E-state index contributed by atoms with van der Waals surface area (Å²) in [5.41, 5.74) is 14.0. The van der Waals surface area contributed by atoms with Crippen molar-refractivity contribution in [1.29, 1.82) is 0 Å². The standard InChI is InChI=1S/C17H29N3/c1-4-6-7-15(5-2)12-14(3)13-19-20-17-10-8-16(18)9-11-17/h6-11,14-15,19-20H,4-5,12-13,18H2,1-3H3. The Morgan fingerprint density at radius 1 is 1.20 bits per heavy atom. The van der Waals surface area contributed by atoms with E-state index in [2.05, 4.69) is 43.8 Å². The fourth-order valence-corrected chi connectivity index (χ4v) is 2.20. The Morgan fingerprint density at radius 3 is 2.50 bits per heavy atom. The van der Waals surface area contributed by atoms with Crippen molar-refractivity contribution in [3.63, 3.8) is 0 Å². The van der Waals surface area contributed by atoms with Crippen molar-refractivity contribution in [3.8, 4) is 0 Å². The lowest BCUT2D eigenvalue weighted by Gasteiger charge is -2.18. The summed E-state index contributed by atoms with van der Waals surface area (Å²) in [6.07, 6.45) is 8.21. The molecule has 0 spiro atoms. The molecule has 4 N–H and O–H groups in total. The van der Waals surface area contributed by atoms with E-state index in [0.29, 0.717) is 11.8 Å². The first-order chi connectivity index (χ1) is 9.65. The highest BCUT2D eigenvalue weighted by Crippen LogP contribution is 2.17. The molecule has 3 heteroatoms. The lowest BCUT2D eigenvalue weighted by atomic mass is 9.93. The largest absolute Gasteiger partial charge is 0.399 e. The van der Waals surface area contributed by atoms with Crippen LogP contribution in [0.4, 0.5) is 11.4 Å². The van der Waals surface area contributed by atoms with Crippen LogP contribution in [-0.4, -0.2) is 6.54 Å². The third kappa shape index (κ3) is 6.62. The highest BCUT2D eigenvalue weighted by Gasteiger charge is 2.08. The van der Waals surface area contributed by atoms with E-state index in [0.717, 1.165) is 24.3 Å². The Labute approximate surface area is 123 Å². The van der Waals surface area contributed by atoms with Gasteiger partial charge >= 0.3 is 0 Å². The van der Waals surface area contributed by atoms with Crippen LogP contribution in [0, 0.1) is 11.8 Å². The monoisotopic (exact) mass is 275 g/mol. The number of anilines is 2. The van der Waals surface area contributed by atoms with Gasteiger partial charge in [-0.1, -0.05) is 32.9 Å². The molecule has 2 unspecified atom stereocenters. The summed E-state index contributed by atoms with van der Waals surface area (Å²) in [7, 11) is 0. The van der Waals surface area contributed by atoms with Crippen molar-refractivity contribution in [3.05, 3.63) is 36.4 Å². The Kier molecular flexibility index (Phi) is 7.81. The van der Waals surface area contributed by atoms with Gasteiger partial charge in [0.1, 0.15) is 0 Å². The normalized spacial score (nSPS) is 14.3. The highest BCUT2D eigenvalue weighted by atomic mass is 15.3. The van der Waals surface area contributed by atoms with Crippen molar-refractivity contribution in [2.24, 2.45) is 11.8 Å². The van der Waals surface area contributed by atoms with Crippen LogP contribution in [0.1, 0.15) is 40.0 Å². The maximum Gasteiger partial charge on any atom is 0.0489 e. The molecule has 20 heavy (non-hydrogen) atoms. The van der Waals surface area contributed by atoms with Gasteiger partial charge in [-0.15, -0.1) is 0 Å². The molecule has 0 saturated heterocycles. The van der Waals surface area contributed by atoms with Gasteiger partial charge in [0.25, 0.3) is 0 Å². The van der Waals surface area contributed by atoms with Crippen molar-refractivity contribution >= 4 is 11.4 Å². The van der Waals surface area contributed by atoms with E-state index in [1.807, 2.05) is 24.3 Å². The number of hydrogen-bond donors (Lipinski definition) is 3. The number of benzene rings is 1. The number of allylic oxidation sites excluding steroid dienone is 2. The number of hydrazine groups is 1. The van der Waals surface area contributed by atoms with E-state index in [1.165, 1.54) is 12.8 Å². The van der Waals surface area contributed by atoms with Crippen LogP contribution in [0.5, 0.6) is 0 Å². The highest BCUT2D eigenvalue weighted by molar-refractivity contribution is 5.50. The second-order valence-corrected chi connectivity index (χ2v) is 5.47. The van der Waals surface area contributed by atoms with Gasteiger partial charge in [0.2, 0.25) is 0 Å². The molecule has 1 aromatic rings. The summed E-state index contributed by atoms with van der Waals surface area (Å²) in [4.78, 5) is 0. The van der Waals surface area contributed by atoms with Gasteiger partial charge in [0.15, 0.2) is 0 Å². The predicted molar refractivity (Wildman–Crippen MR) is 89.5 cm³/mol. The maximum atomic E-state index is 5.66. The van der Waals surface area contributed by atoms with Gasteiger partial charge in [-0.25, -0.2) is 5.43 Å². The summed E-state index contributed by atoms with van der Waals surface area (Å²) in [5, 5.41) is 0. The predicted octanol–water partition coefficient (Wildman–Crippen LogP) is 4.20. The van der Waals surface area contributed by atoms with Crippen LogP contribution >= 0.6 is 0 Å². The van der Waals surface area contributed by atoms with Crippen LogP contribution in [0.2, 0.25) is 0 Å². The Bertz CT molecular complexity index is 384.